The quantitative estimate of drug-likeness (QED) is 0.836. The zero-order valence-corrected chi connectivity index (χ0v) is 16.2. The number of carbonyl (C=O) groups excluding carboxylic acids is 2. The summed E-state index contributed by atoms with van der Waals surface area (Å²) < 4.78 is 5.53. The van der Waals surface area contributed by atoms with Gasteiger partial charge in [-0.15, -0.1) is 0 Å². The summed E-state index contributed by atoms with van der Waals surface area (Å²) in [6.07, 6.45) is 0. The summed E-state index contributed by atoms with van der Waals surface area (Å²) in [5.74, 6) is 0.682. The van der Waals surface area contributed by atoms with Gasteiger partial charge in [-0.05, 0) is 55.7 Å². The lowest BCUT2D eigenvalue weighted by molar-refractivity contribution is -0.134. The van der Waals surface area contributed by atoms with Crippen LogP contribution in [0.4, 0.5) is 0 Å². The van der Waals surface area contributed by atoms with E-state index in [9.17, 15) is 9.59 Å². The molecule has 0 atom stereocenters. The first kappa shape index (κ1) is 19.0. The van der Waals surface area contributed by atoms with E-state index in [0.717, 1.165) is 16.7 Å². The van der Waals surface area contributed by atoms with Crippen LogP contribution >= 0.6 is 0 Å². The fraction of sp³-hybridized carbons (Fsp3) is 0.364. The van der Waals surface area contributed by atoms with Gasteiger partial charge >= 0.3 is 0 Å². The third kappa shape index (κ3) is 4.48. The highest BCUT2D eigenvalue weighted by molar-refractivity contribution is 5.96. The summed E-state index contributed by atoms with van der Waals surface area (Å²) in [7, 11) is 0. The van der Waals surface area contributed by atoms with E-state index in [0.29, 0.717) is 31.9 Å². The summed E-state index contributed by atoms with van der Waals surface area (Å²) in [5.41, 5.74) is 4.07. The molecule has 0 aromatic heterocycles. The highest BCUT2D eigenvalue weighted by atomic mass is 16.5. The fourth-order valence-corrected chi connectivity index (χ4v) is 3.27. The summed E-state index contributed by atoms with van der Waals surface area (Å²) >= 11 is 0. The van der Waals surface area contributed by atoms with Gasteiger partial charge in [0.15, 0.2) is 6.61 Å². The van der Waals surface area contributed by atoms with Gasteiger partial charge in [0.05, 0.1) is 0 Å². The van der Waals surface area contributed by atoms with Crippen molar-refractivity contribution in [3.63, 3.8) is 0 Å². The zero-order valence-electron chi connectivity index (χ0n) is 16.2. The monoisotopic (exact) mass is 366 g/mol. The number of aryl methyl sites for hydroxylation is 3. The van der Waals surface area contributed by atoms with Crippen molar-refractivity contribution in [3.05, 3.63) is 64.7 Å². The van der Waals surface area contributed by atoms with Gasteiger partial charge in [0.1, 0.15) is 5.75 Å². The van der Waals surface area contributed by atoms with Crippen LogP contribution in [-0.2, 0) is 4.79 Å². The van der Waals surface area contributed by atoms with Gasteiger partial charge < -0.3 is 14.5 Å². The molecule has 0 N–H and O–H groups in total. The number of hydrogen-bond acceptors (Lipinski definition) is 3. The van der Waals surface area contributed by atoms with Crippen LogP contribution < -0.4 is 4.74 Å². The van der Waals surface area contributed by atoms with Gasteiger partial charge in [-0.2, -0.15) is 0 Å². The Morgan fingerprint density at radius 3 is 2.11 bits per heavy atom. The van der Waals surface area contributed by atoms with Crippen molar-refractivity contribution < 1.29 is 14.3 Å². The number of rotatable bonds is 4. The molecule has 1 heterocycles. The molecule has 142 valence electrons. The topological polar surface area (TPSA) is 49.9 Å². The van der Waals surface area contributed by atoms with Crippen LogP contribution in [0.25, 0.3) is 0 Å². The molecule has 0 radical (unpaired) electrons. The van der Waals surface area contributed by atoms with Crippen LogP contribution in [0.15, 0.2) is 42.5 Å². The van der Waals surface area contributed by atoms with E-state index < -0.39 is 0 Å². The summed E-state index contributed by atoms with van der Waals surface area (Å²) in [4.78, 5) is 28.8. The Kier molecular flexibility index (Phi) is 5.79. The molecule has 2 amide bonds. The van der Waals surface area contributed by atoms with Gasteiger partial charge in [0.2, 0.25) is 0 Å². The predicted octanol–water partition coefficient (Wildman–Crippen LogP) is 2.98. The first-order valence-corrected chi connectivity index (χ1v) is 9.28. The first-order chi connectivity index (χ1) is 13.0. The van der Waals surface area contributed by atoms with Crippen LogP contribution in [0.1, 0.15) is 27.0 Å². The van der Waals surface area contributed by atoms with Gasteiger partial charge in [-0.3, -0.25) is 9.59 Å². The highest BCUT2D eigenvalue weighted by Crippen LogP contribution is 2.18. The molecule has 0 unspecified atom stereocenters. The lowest BCUT2D eigenvalue weighted by Gasteiger charge is -2.35. The Hall–Kier alpha value is -2.82. The average molecular weight is 366 g/mol. The van der Waals surface area contributed by atoms with Crippen LogP contribution in [0, 0.1) is 20.8 Å². The Labute approximate surface area is 160 Å². The molecule has 2 aromatic rings. The third-order valence-corrected chi connectivity index (χ3v) is 5.10. The average Bonchev–Trinajstić information content (AvgIpc) is 2.69. The Morgan fingerprint density at radius 1 is 0.852 bits per heavy atom. The van der Waals surface area contributed by atoms with Gasteiger partial charge in [-0.1, -0.05) is 24.3 Å². The second-order valence-corrected chi connectivity index (χ2v) is 7.03. The minimum Gasteiger partial charge on any atom is -0.484 e. The molecule has 5 nitrogen and oxygen atoms in total. The Balaban J connectivity index is 1.54. The van der Waals surface area contributed by atoms with Crippen molar-refractivity contribution in [2.24, 2.45) is 0 Å². The van der Waals surface area contributed by atoms with Gasteiger partial charge in [0.25, 0.3) is 11.8 Å². The molecule has 1 saturated heterocycles. The molecule has 0 saturated carbocycles. The van der Waals surface area contributed by atoms with Crippen LogP contribution in [0.2, 0.25) is 0 Å². The number of piperazine rings is 1. The van der Waals surface area contributed by atoms with E-state index in [1.165, 1.54) is 5.56 Å². The second kappa shape index (κ2) is 8.25. The largest absolute Gasteiger partial charge is 0.484 e. The number of amides is 2. The number of hydrogen-bond donors (Lipinski definition) is 0. The molecule has 3 rings (SSSR count). The molecule has 1 aliphatic heterocycles. The predicted molar refractivity (Wildman–Crippen MR) is 105 cm³/mol. The molecular formula is C22H26N2O3. The minimum absolute atomic E-state index is 0.0220. The molecule has 0 bridgehead atoms. The Morgan fingerprint density at radius 2 is 1.44 bits per heavy atom. The number of carbonyl (C=O) groups is 2. The lowest BCUT2D eigenvalue weighted by Crippen LogP contribution is -2.51. The smallest absolute Gasteiger partial charge is 0.260 e. The summed E-state index contributed by atoms with van der Waals surface area (Å²) in [6.45, 7) is 8.23. The van der Waals surface area contributed by atoms with Gasteiger partial charge in [-0.25, -0.2) is 0 Å². The van der Waals surface area contributed by atoms with E-state index >= 15 is 0 Å². The first-order valence-electron chi connectivity index (χ1n) is 9.28. The fourth-order valence-electron chi connectivity index (χ4n) is 3.27. The van der Waals surface area contributed by atoms with Crippen molar-refractivity contribution in [2.45, 2.75) is 20.8 Å². The van der Waals surface area contributed by atoms with Crippen LogP contribution in [0.5, 0.6) is 5.75 Å². The molecule has 1 fully saturated rings. The van der Waals surface area contributed by atoms with Crippen molar-refractivity contribution in [3.8, 4) is 5.75 Å². The highest BCUT2D eigenvalue weighted by Gasteiger charge is 2.26. The molecular weight excluding hydrogens is 340 g/mol. The second-order valence-electron chi connectivity index (χ2n) is 7.03. The number of para-hydroxylation sites is 1. The van der Waals surface area contributed by atoms with Crippen molar-refractivity contribution in [2.75, 3.05) is 32.8 Å². The maximum absolute atomic E-state index is 12.9. The SMILES string of the molecule is Cc1cc(C)c(C(=O)N2CCN(C(=O)COc3ccccc3)CC2)cc1C. The lowest BCUT2D eigenvalue weighted by atomic mass is 10.00. The summed E-state index contributed by atoms with van der Waals surface area (Å²) in [6, 6.07) is 13.3. The summed E-state index contributed by atoms with van der Waals surface area (Å²) in [5, 5.41) is 0. The van der Waals surface area contributed by atoms with E-state index in [1.54, 1.807) is 4.90 Å². The molecule has 0 aliphatic carbocycles. The van der Waals surface area contributed by atoms with E-state index in [-0.39, 0.29) is 18.4 Å². The molecule has 27 heavy (non-hydrogen) atoms. The minimum atomic E-state index is -0.0479. The van der Waals surface area contributed by atoms with E-state index in [4.69, 9.17) is 4.74 Å². The van der Waals surface area contributed by atoms with Crippen LogP contribution in [-0.4, -0.2) is 54.4 Å². The molecule has 0 spiro atoms. The molecule has 5 heteroatoms. The Bertz CT molecular complexity index is 825. The van der Waals surface area contributed by atoms with Crippen LogP contribution in [0.3, 0.4) is 0 Å². The van der Waals surface area contributed by atoms with Gasteiger partial charge in [0, 0.05) is 31.7 Å². The van der Waals surface area contributed by atoms with Crippen molar-refractivity contribution >= 4 is 11.8 Å². The normalized spacial score (nSPS) is 14.2. The maximum Gasteiger partial charge on any atom is 0.260 e. The number of benzene rings is 2. The molecule has 2 aromatic carbocycles. The zero-order chi connectivity index (χ0) is 19.4. The molecule has 1 aliphatic rings. The maximum atomic E-state index is 12.9. The number of ether oxygens (including phenoxy) is 1. The third-order valence-electron chi connectivity index (χ3n) is 5.10. The standard InChI is InChI=1S/C22H26N2O3/c1-16-13-18(3)20(14-17(16)2)22(26)24-11-9-23(10-12-24)21(25)15-27-19-7-5-4-6-8-19/h4-8,13-14H,9-12,15H2,1-3H3. The van der Waals surface area contributed by atoms with Crippen molar-refractivity contribution in [1.82, 2.24) is 9.80 Å². The van der Waals surface area contributed by atoms with E-state index in [2.05, 4.69) is 13.0 Å². The van der Waals surface area contributed by atoms with E-state index in [1.807, 2.05) is 55.1 Å². The number of nitrogens with zero attached hydrogens (tertiary/aromatic N) is 2. The van der Waals surface area contributed by atoms with Crippen molar-refractivity contribution in [1.29, 1.82) is 0 Å².